The lowest BCUT2D eigenvalue weighted by Crippen LogP contribution is -2.47. The molecule has 0 N–H and O–H groups in total. The van der Waals surface area contributed by atoms with Crippen molar-refractivity contribution in [3.8, 4) is 0 Å². The highest BCUT2D eigenvalue weighted by molar-refractivity contribution is 6.44. The van der Waals surface area contributed by atoms with Crippen molar-refractivity contribution >= 4 is 23.4 Å². The zero-order valence-electron chi connectivity index (χ0n) is 16.3. The molecule has 148 valence electrons. The van der Waals surface area contributed by atoms with Gasteiger partial charge in [-0.05, 0) is 36.3 Å². The average Bonchev–Trinajstić information content (AvgIpc) is 2.93. The van der Waals surface area contributed by atoms with Crippen LogP contribution in [0.5, 0.6) is 0 Å². The second kappa shape index (κ2) is 7.87. The van der Waals surface area contributed by atoms with Crippen LogP contribution in [-0.4, -0.2) is 58.3 Å². The predicted octanol–water partition coefficient (Wildman–Crippen LogP) is 3.10. The first-order valence-electron chi connectivity index (χ1n) is 10.2. The molecule has 3 aliphatic rings. The molecule has 1 aromatic rings. The van der Waals surface area contributed by atoms with E-state index >= 15 is 0 Å². The van der Waals surface area contributed by atoms with E-state index in [4.69, 9.17) is 0 Å². The molecule has 6 nitrogen and oxygen atoms in total. The Labute approximate surface area is 165 Å². The molecule has 0 bridgehead atoms. The van der Waals surface area contributed by atoms with Gasteiger partial charge in [-0.1, -0.05) is 56.2 Å². The van der Waals surface area contributed by atoms with Gasteiger partial charge in [0.15, 0.2) is 0 Å². The van der Waals surface area contributed by atoms with Crippen molar-refractivity contribution in [3.05, 3.63) is 42.0 Å². The lowest BCUT2D eigenvalue weighted by molar-refractivity contribution is -0.145. The Morgan fingerprint density at radius 2 is 1.75 bits per heavy atom. The minimum atomic E-state index is -0.680. The quantitative estimate of drug-likeness (QED) is 0.594. The fourth-order valence-corrected chi connectivity index (χ4v) is 4.57. The summed E-state index contributed by atoms with van der Waals surface area (Å²) in [5, 5.41) is 0. The Morgan fingerprint density at radius 1 is 1.00 bits per heavy atom. The first-order chi connectivity index (χ1) is 13.6. The maximum atomic E-state index is 12.9. The van der Waals surface area contributed by atoms with Gasteiger partial charge in [0.25, 0.3) is 0 Å². The number of benzene rings is 1. The third-order valence-electron chi connectivity index (χ3n) is 6.26. The van der Waals surface area contributed by atoms with E-state index in [-0.39, 0.29) is 18.6 Å². The van der Waals surface area contributed by atoms with E-state index < -0.39 is 17.8 Å². The Bertz CT molecular complexity index is 805. The van der Waals surface area contributed by atoms with Crippen LogP contribution in [0, 0.1) is 5.92 Å². The molecular formula is C22H27N3O3. The number of hydrogen-bond acceptors (Lipinski definition) is 4. The van der Waals surface area contributed by atoms with Gasteiger partial charge < -0.3 is 0 Å². The second-order valence-electron chi connectivity index (χ2n) is 8.08. The molecule has 2 aliphatic heterocycles. The van der Waals surface area contributed by atoms with Crippen molar-refractivity contribution in [1.29, 1.82) is 0 Å². The largest absolute Gasteiger partial charge is 0.335 e. The lowest BCUT2D eigenvalue weighted by Gasteiger charge is -2.34. The standard InChI is InChI=1S/C22H27N3O3/c1-16-7-5-6-10-19(16)25-21(27)20(26)24(22(25)28)15-23-13-11-18(12-14-23)17-8-3-2-4-9-17/h2-4,8-9,11,16,19H,5-7,10,12-15H2,1H3/t16-,19-/m1/s1. The zero-order chi connectivity index (χ0) is 19.7. The molecule has 1 saturated heterocycles. The molecule has 4 rings (SSSR count). The van der Waals surface area contributed by atoms with Gasteiger partial charge in [-0.2, -0.15) is 0 Å². The Kier molecular flexibility index (Phi) is 5.31. The third-order valence-corrected chi connectivity index (χ3v) is 6.26. The summed E-state index contributed by atoms with van der Waals surface area (Å²) in [6, 6.07) is 9.65. The summed E-state index contributed by atoms with van der Waals surface area (Å²) < 4.78 is 0. The number of nitrogens with zero attached hydrogens (tertiary/aromatic N) is 3. The molecule has 0 spiro atoms. The van der Waals surface area contributed by atoms with E-state index in [1.54, 1.807) is 0 Å². The van der Waals surface area contributed by atoms with E-state index in [0.717, 1.165) is 43.5 Å². The smallest absolute Gasteiger partial charge is 0.281 e. The molecule has 2 heterocycles. The number of carbonyl (C=O) groups is 3. The summed E-state index contributed by atoms with van der Waals surface area (Å²) in [5.41, 5.74) is 2.49. The summed E-state index contributed by atoms with van der Waals surface area (Å²) in [6.07, 6.45) is 6.92. The van der Waals surface area contributed by atoms with Crippen molar-refractivity contribution in [1.82, 2.24) is 14.7 Å². The van der Waals surface area contributed by atoms with Gasteiger partial charge in [-0.3, -0.25) is 19.4 Å². The summed E-state index contributed by atoms with van der Waals surface area (Å²) in [5.74, 6) is -1.08. The van der Waals surface area contributed by atoms with Crippen LogP contribution in [0.15, 0.2) is 36.4 Å². The lowest BCUT2D eigenvalue weighted by atomic mass is 9.85. The summed E-state index contributed by atoms with van der Waals surface area (Å²) in [6.45, 7) is 3.67. The van der Waals surface area contributed by atoms with E-state index in [1.807, 2.05) is 23.1 Å². The highest BCUT2D eigenvalue weighted by atomic mass is 16.2. The van der Waals surface area contributed by atoms with Gasteiger partial charge in [0, 0.05) is 19.1 Å². The molecule has 6 heteroatoms. The van der Waals surface area contributed by atoms with Gasteiger partial charge in [0.1, 0.15) is 0 Å². The molecule has 0 aromatic heterocycles. The monoisotopic (exact) mass is 381 g/mol. The van der Waals surface area contributed by atoms with Crippen LogP contribution in [0.4, 0.5) is 4.79 Å². The van der Waals surface area contributed by atoms with Crippen molar-refractivity contribution in [2.75, 3.05) is 19.8 Å². The summed E-state index contributed by atoms with van der Waals surface area (Å²) in [7, 11) is 0. The van der Waals surface area contributed by atoms with E-state index in [9.17, 15) is 14.4 Å². The molecule has 1 aliphatic carbocycles. The molecule has 1 saturated carbocycles. The van der Waals surface area contributed by atoms with Gasteiger partial charge in [0.05, 0.1) is 6.67 Å². The van der Waals surface area contributed by atoms with Crippen LogP contribution >= 0.6 is 0 Å². The maximum Gasteiger partial charge on any atom is 0.335 e. The molecule has 4 amide bonds. The number of carbonyl (C=O) groups excluding carboxylic acids is 3. The molecule has 1 aromatic carbocycles. The SMILES string of the molecule is C[C@@H]1CCCC[C@H]1N1C(=O)C(=O)N(CN2CC=C(c3ccccc3)CC2)C1=O. The number of rotatable bonds is 4. The first-order valence-corrected chi connectivity index (χ1v) is 10.2. The van der Waals surface area contributed by atoms with Gasteiger partial charge in [-0.25, -0.2) is 9.69 Å². The van der Waals surface area contributed by atoms with E-state index in [2.05, 4.69) is 25.1 Å². The van der Waals surface area contributed by atoms with Crippen molar-refractivity contribution in [2.24, 2.45) is 5.92 Å². The van der Waals surface area contributed by atoms with Gasteiger partial charge in [-0.15, -0.1) is 0 Å². The highest BCUT2D eigenvalue weighted by Gasteiger charge is 2.49. The molecule has 0 radical (unpaired) electrons. The van der Waals surface area contributed by atoms with Crippen LogP contribution < -0.4 is 0 Å². The minimum Gasteiger partial charge on any atom is -0.281 e. The van der Waals surface area contributed by atoms with Crippen molar-refractivity contribution in [2.45, 2.75) is 45.1 Å². The summed E-state index contributed by atoms with van der Waals surface area (Å²) in [4.78, 5) is 42.4. The Balaban J connectivity index is 1.42. The van der Waals surface area contributed by atoms with E-state index in [1.165, 1.54) is 16.0 Å². The average molecular weight is 381 g/mol. The van der Waals surface area contributed by atoms with E-state index in [0.29, 0.717) is 6.54 Å². The highest BCUT2D eigenvalue weighted by Crippen LogP contribution is 2.31. The van der Waals surface area contributed by atoms with Crippen LogP contribution in [0.2, 0.25) is 0 Å². The topological polar surface area (TPSA) is 60.9 Å². The third kappa shape index (κ3) is 3.49. The van der Waals surface area contributed by atoms with Crippen LogP contribution in [0.3, 0.4) is 0 Å². The van der Waals surface area contributed by atoms with Crippen LogP contribution in [0.25, 0.3) is 5.57 Å². The number of imide groups is 2. The Hall–Kier alpha value is -2.47. The normalized spacial score (nSPS) is 26.8. The fraction of sp³-hybridized carbons (Fsp3) is 0.500. The number of hydrogen-bond donors (Lipinski definition) is 0. The van der Waals surface area contributed by atoms with Crippen LogP contribution in [-0.2, 0) is 9.59 Å². The molecule has 28 heavy (non-hydrogen) atoms. The fourth-order valence-electron chi connectivity index (χ4n) is 4.57. The summed E-state index contributed by atoms with van der Waals surface area (Å²) >= 11 is 0. The molecule has 2 fully saturated rings. The van der Waals surface area contributed by atoms with Gasteiger partial charge >= 0.3 is 17.8 Å². The Morgan fingerprint density at radius 3 is 2.43 bits per heavy atom. The minimum absolute atomic E-state index is 0.145. The predicted molar refractivity (Wildman–Crippen MR) is 106 cm³/mol. The van der Waals surface area contributed by atoms with Crippen molar-refractivity contribution in [3.63, 3.8) is 0 Å². The zero-order valence-corrected chi connectivity index (χ0v) is 16.3. The molecule has 0 unspecified atom stereocenters. The maximum absolute atomic E-state index is 12.9. The number of urea groups is 1. The van der Waals surface area contributed by atoms with Gasteiger partial charge in [0.2, 0.25) is 0 Å². The second-order valence-corrected chi connectivity index (χ2v) is 8.08. The number of amides is 4. The molecule has 2 atom stereocenters. The van der Waals surface area contributed by atoms with Crippen LogP contribution in [0.1, 0.15) is 44.6 Å². The van der Waals surface area contributed by atoms with Crippen molar-refractivity contribution < 1.29 is 14.4 Å². The first kappa shape index (κ1) is 18.9. The molecular weight excluding hydrogens is 354 g/mol.